The fourth-order valence-corrected chi connectivity index (χ4v) is 4.81. The van der Waals surface area contributed by atoms with Crippen molar-refractivity contribution in [2.75, 3.05) is 17.7 Å². The van der Waals surface area contributed by atoms with Crippen molar-refractivity contribution in [2.24, 2.45) is 0 Å². The number of sulfonamides is 1. The normalized spacial score (nSPS) is 15.7. The number of nitrogens with two attached hydrogens (primary N) is 1. The number of nitrogen functional groups attached to an aromatic ring is 1. The second kappa shape index (κ2) is 5.42. The van der Waals surface area contributed by atoms with Crippen LogP contribution in [0.2, 0.25) is 0 Å². The zero-order valence-electron chi connectivity index (χ0n) is 9.76. The Morgan fingerprint density at radius 1 is 1.59 bits per heavy atom. The van der Waals surface area contributed by atoms with E-state index in [1.165, 1.54) is 6.26 Å². The van der Waals surface area contributed by atoms with Gasteiger partial charge in [-0.3, -0.25) is 4.21 Å². The molecule has 1 aromatic heterocycles. The van der Waals surface area contributed by atoms with Gasteiger partial charge in [-0.2, -0.15) is 0 Å². The Labute approximate surface area is 107 Å². The van der Waals surface area contributed by atoms with Gasteiger partial charge in [-0.15, -0.1) is 0 Å². The number of aryl methyl sites for hydroxylation is 1. The van der Waals surface area contributed by atoms with E-state index in [0.29, 0.717) is 5.69 Å². The summed E-state index contributed by atoms with van der Waals surface area (Å²) in [5.74, 6) is 0.270. The molecule has 2 unspecified atom stereocenters. The SMILES string of the molecule is Cc1nc(N)sc1S(=O)(=O)NC(C)CS(C)=O. The minimum absolute atomic E-state index is 0.115. The van der Waals surface area contributed by atoms with Crippen molar-refractivity contribution in [3.63, 3.8) is 0 Å². The first kappa shape index (κ1) is 14.6. The first-order chi connectivity index (χ1) is 7.72. The predicted octanol–water partition coefficient (Wildman–Crippen LogP) is 0.0790. The molecule has 0 aromatic carbocycles. The van der Waals surface area contributed by atoms with Crippen LogP contribution in [0.15, 0.2) is 4.21 Å². The van der Waals surface area contributed by atoms with Crippen LogP contribution in [-0.2, 0) is 20.8 Å². The van der Waals surface area contributed by atoms with E-state index in [1.807, 2.05) is 0 Å². The average molecular weight is 297 g/mol. The molecule has 1 aromatic rings. The Kier molecular flexibility index (Phi) is 4.64. The zero-order valence-corrected chi connectivity index (χ0v) is 12.2. The maximum Gasteiger partial charge on any atom is 0.252 e. The van der Waals surface area contributed by atoms with Gasteiger partial charge in [-0.1, -0.05) is 11.3 Å². The molecule has 6 nitrogen and oxygen atoms in total. The van der Waals surface area contributed by atoms with E-state index in [9.17, 15) is 12.6 Å². The van der Waals surface area contributed by atoms with Crippen LogP contribution in [-0.4, -0.2) is 35.7 Å². The van der Waals surface area contributed by atoms with Crippen LogP contribution in [0, 0.1) is 6.92 Å². The molecule has 0 aliphatic rings. The largest absolute Gasteiger partial charge is 0.375 e. The lowest BCUT2D eigenvalue weighted by Crippen LogP contribution is -2.36. The Morgan fingerprint density at radius 2 is 2.18 bits per heavy atom. The van der Waals surface area contributed by atoms with Crippen molar-refractivity contribution < 1.29 is 12.6 Å². The highest BCUT2D eigenvalue weighted by molar-refractivity contribution is 7.91. The predicted molar refractivity (Wildman–Crippen MR) is 70.0 cm³/mol. The average Bonchev–Trinajstić information content (AvgIpc) is 2.42. The lowest BCUT2D eigenvalue weighted by molar-refractivity contribution is 0.571. The molecule has 1 rings (SSSR count). The number of hydrogen-bond acceptors (Lipinski definition) is 6. The lowest BCUT2D eigenvalue weighted by Gasteiger charge is -2.11. The van der Waals surface area contributed by atoms with E-state index in [0.717, 1.165) is 11.3 Å². The number of aromatic nitrogens is 1. The topological polar surface area (TPSA) is 102 Å². The lowest BCUT2D eigenvalue weighted by atomic mass is 10.4. The third-order valence-electron chi connectivity index (χ3n) is 1.86. The van der Waals surface area contributed by atoms with Crippen LogP contribution >= 0.6 is 11.3 Å². The molecule has 9 heteroatoms. The van der Waals surface area contributed by atoms with Gasteiger partial charge in [0, 0.05) is 28.9 Å². The molecule has 0 saturated carbocycles. The van der Waals surface area contributed by atoms with Crippen LogP contribution in [0.4, 0.5) is 5.13 Å². The Balaban J connectivity index is 2.89. The van der Waals surface area contributed by atoms with E-state index < -0.39 is 26.9 Å². The number of anilines is 1. The van der Waals surface area contributed by atoms with Crippen LogP contribution in [0.1, 0.15) is 12.6 Å². The van der Waals surface area contributed by atoms with Gasteiger partial charge in [0.1, 0.15) is 0 Å². The summed E-state index contributed by atoms with van der Waals surface area (Å²) in [7, 11) is -4.67. The third-order valence-corrected chi connectivity index (χ3v) is 6.01. The first-order valence-electron chi connectivity index (χ1n) is 4.77. The summed E-state index contributed by atoms with van der Waals surface area (Å²) < 4.78 is 37.5. The molecule has 0 radical (unpaired) electrons. The first-order valence-corrected chi connectivity index (χ1v) is 8.80. The molecular weight excluding hydrogens is 282 g/mol. The number of hydrogen-bond donors (Lipinski definition) is 2. The molecule has 0 bridgehead atoms. The molecule has 0 aliphatic carbocycles. The molecular formula is C8H15N3O3S3. The van der Waals surface area contributed by atoms with Crippen molar-refractivity contribution >= 4 is 37.3 Å². The summed E-state index contributed by atoms with van der Waals surface area (Å²) in [4.78, 5) is 3.86. The molecule has 3 N–H and O–H groups in total. The van der Waals surface area contributed by atoms with Gasteiger partial charge in [-0.25, -0.2) is 18.1 Å². The molecule has 0 saturated heterocycles. The highest BCUT2D eigenvalue weighted by Crippen LogP contribution is 2.24. The van der Waals surface area contributed by atoms with Crippen LogP contribution in [0.25, 0.3) is 0 Å². The van der Waals surface area contributed by atoms with Crippen molar-refractivity contribution in [3.8, 4) is 0 Å². The van der Waals surface area contributed by atoms with E-state index in [1.54, 1.807) is 13.8 Å². The van der Waals surface area contributed by atoms with Gasteiger partial charge >= 0.3 is 0 Å². The highest BCUT2D eigenvalue weighted by atomic mass is 32.2. The summed E-state index contributed by atoms with van der Waals surface area (Å²) in [6, 6.07) is -0.395. The number of thiazole rings is 1. The van der Waals surface area contributed by atoms with E-state index in [2.05, 4.69) is 9.71 Å². The maximum atomic E-state index is 12.0. The van der Waals surface area contributed by atoms with Crippen molar-refractivity contribution in [2.45, 2.75) is 24.1 Å². The van der Waals surface area contributed by atoms with E-state index in [4.69, 9.17) is 5.73 Å². The minimum atomic E-state index is -3.62. The monoisotopic (exact) mass is 297 g/mol. The molecule has 0 amide bonds. The second-order valence-corrected chi connectivity index (χ2v) is 8.11. The van der Waals surface area contributed by atoms with Crippen molar-refractivity contribution in [1.82, 2.24) is 9.71 Å². The number of rotatable bonds is 5. The van der Waals surface area contributed by atoms with Gasteiger partial charge in [0.05, 0.1) is 5.69 Å². The molecule has 0 aliphatic heterocycles. The molecule has 0 fully saturated rings. The van der Waals surface area contributed by atoms with Gasteiger partial charge in [0.15, 0.2) is 9.34 Å². The highest BCUT2D eigenvalue weighted by Gasteiger charge is 2.23. The molecule has 2 atom stereocenters. The van der Waals surface area contributed by atoms with Crippen LogP contribution in [0.3, 0.4) is 0 Å². The number of nitrogens with one attached hydrogen (secondary N) is 1. The molecule has 17 heavy (non-hydrogen) atoms. The van der Waals surface area contributed by atoms with Crippen LogP contribution in [0.5, 0.6) is 0 Å². The van der Waals surface area contributed by atoms with Gasteiger partial charge in [0.2, 0.25) is 0 Å². The third kappa shape index (κ3) is 4.02. The Bertz CT molecular complexity index is 523. The second-order valence-electron chi connectivity index (χ2n) is 3.69. The van der Waals surface area contributed by atoms with Gasteiger partial charge < -0.3 is 5.73 Å². The summed E-state index contributed by atoms with van der Waals surface area (Å²) in [5, 5.41) is 0.217. The quantitative estimate of drug-likeness (QED) is 0.801. The molecule has 98 valence electrons. The fourth-order valence-electron chi connectivity index (χ4n) is 1.36. The smallest absolute Gasteiger partial charge is 0.252 e. The molecule has 0 spiro atoms. The van der Waals surface area contributed by atoms with E-state index in [-0.39, 0.29) is 15.1 Å². The summed E-state index contributed by atoms with van der Waals surface area (Å²) in [5.41, 5.74) is 5.83. The molecule has 1 heterocycles. The maximum absolute atomic E-state index is 12.0. The van der Waals surface area contributed by atoms with Crippen molar-refractivity contribution in [3.05, 3.63) is 5.69 Å². The fraction of sp³-hybridized carbons (Fsp3) is 0.625. The standard InChI is InChI=1S/C8H15N3O3S3/c1-5(4-16(3)12)11-17(13,14)7-6(2)10-8(9)15-7/h5,11H,4H2,1-3H3,(H2,9,10). The zero-order chi connectivity index (χ0) is 13.2. The Hall–Kier alpha value is -0.510. The summed E-state index contributed by atoms with van der Waals surface area (Å²) in [6.07, 6.45) is 1.53. The minimum Gasteiger partial charge on any atom is -0.375 e. The van der Waals surface area contributed by atoms with Gasteiger partial charge in [-0.05, 0) is 13.8 Å². The Morgan fingerprint density at radius 3 is 2.59 bits per heavy atom. The van der Waals surface area contributed by atoms with Gasteiger partial charge in [0.25, 0.3) is 10.0 Å². The van der Waals surface area contributed by atoms with Crippen molar-refractivity contribution in [1.29, 1.82) is 0 Å². The number of nitrogens with zero attached hydrogens (tertiary/aromatic N) is 1. The van der Waals surface area contributed by atoms with Crippen LogP contribution < -0.4 is 10.5 Å². The van der Waals surface area contributed by atoms with E-state index >= 15 is 0 Å². The summed E-state index contributed by atoms with van der Waals surface area (Å²) >= 11 is 0.923. The summed E-state index contributed by atoms with van der Waals surface area (Å²) in [6.45, 7) is 3.25.